The van der Waals surface area contributed by atoms with Crippen LogP contribution in [-0.2, 0) is 5.54 Å². The fourth-order valence-corrected chi connectivity index (χ4v) is 1.51. The number of ether oxygens (including phenoxy) is 1. The van der Waals surface area contributed by atoms with E-state index in [9.17, 15) is 8.78 Å². The van der Waals surface area contributed by atoms with Gasteiger partial charge in [-0.2, -0.15) is 13.8 Å². The Morgan fingerprint density at radius 2 is 2.00 bits per heavy atom. The van der Waals surface area contributed by atoms with Crippen molar-refractivity contribution in [2.24, 2.45) is 5.73 Å². The van der Waals surface area contributed by atoms with Crippen molar-refractivity contribution < 1.29 is 18.0 Å². The van der Waals surface area contributed by atoms with Crippen molar-refractivity contribution in [2.75, 3.05) is 0 Å². The van der Waals surface area contributed by atoms with Crippen LogP contribution in [-0.4, -0.2) is 16.8 Å². The zero-order valence-corrected chi connectivity index (χ0v) is 11.1. The molecule has 2 aromatic rings. The predicted octanol–water partition coefficient (Wildman–Crippen LogP) is 2.92. The molecule has 0 amide bonds. The fourth-order valence-electron chi connectivity index (χ4n) is 1.51. The van der Waals surface area contributed by atoms with E-state index in [1.54, 1.807) is 19.1 Å². The molecule has 20 heavy (non-hydrogen) atoms. The lowest BCUT2D eigenvalue weighted by Gasteiger charge is -2.16. The Bertz CT molecular complexity index is 567. The maximum absolute atomic E-state index is 12.0. The summed E-state index contributed by atoms with van der Waals surface area (Å²) < 4.78 is 33.5. The van der Waals surface area contributed by atoms with Gasteiger partial charge in [0.1, 0.15) is 5.75 Å². The Morgan fingerprint density at radius 1 is 1.35 bits per heavy atom. The van der Waals surface area contributed by atoms with E-state index >= 15 is 0 Å². The Hall–Kier alpha value is -2.02. The maximum Gasteiger partial charge on any atom is 0.387 e. The van der Waals surface area contributed by atoms with Gasteiger partial charge < -0.3 is 15.0 Å². The Morgan fingerprint density at radius 3 is 2.55 bits per heavy atom. The van der Waals surface area contributed by atoms with E-state index in [0.29, 0.717) is 17.8 Å². The smallest absolute Gasteiger partial charge is 0.387 e. The first-order valence-corrected chi connectivity index (χ1v) is 6.10. The molecule has 1 heterocycles. The van der Waals surface area contributed by atoms with Gasteiger partial charge in [-0.1, -0.05) is 12.1 Å². The Balaban J connectivity index is 2.20. The van der Waals surface area contributed by atoms with Crippen LogP contribution < -0.4 is 10.5 Å². The molecule has 0 aliphatic rings. The summed E-state index contributed by atoms with van der Waals surface area (Å²) in [7, 11) is 0. The van der Waals surface area contributed by atoms with Crippen molar-refractivity contribution in [3.63, 3.8) is 0 Å². The molecule has 0 fully saturated rings. The fraction of sp³-hybridized carbons (Fsp3) is 0.385. The van der Waals surface area contributed by atoms with Crippen molar-refractivity contribution >= 4 is 0 Å². The number of halogens is 2. The van der Waals surface area contributed by atoms with E-state index in [1.807, 2.05) is 6.92 Å². The molecule has 0 saturated carbocycles. The zero-order valence-electron chi connectivity index (χ0n) is 11.1. The second-order valence-electron chi connectivity index (χ2n) is 4.60. The van der Waals surface area contributed by atoms with Crippen LogP contribution >= 0.6 is 0 Å². The quantitative estimate of drug-likeness (QED) is 0.913. The van der Waals surface area contributed by atoms with Gasteiger partial charge in [-0.15, -0.1) is 0 Å². The van der Waals surface area contributed by atoms with Crippen molar-refractivity contribution in [1.82, 2.24) is 10.1 Å². The lowest BCUT2D eigenvalue weighted by atomic mass is 10.00. The largest absolute Gasteiger partial charge is 0.435 e. The van der Waals surface area contributed by atoms with Gasteiger partial charge in [0.15, 0.2) is 5.82 Å². The normalized spacial score (nSPS) is 14.3. The molecule has 7 heteroatoms. The summed E-state index contributed by atoms with van der Waals surface area (Å²) in [5, 5.41) is 3.84. The van der Waals surface area contributed by atoms with E-state index in [4.69, 9.17) is 10.3 Å². The van der Waals surface area contributed by atoms with Crippen LogP contribution in [0.3, 0.4) is 0 Å². The van der Waals surface area contributed by atoms with Gasteiger partial charge in [0, 0.05) is 5.56 Å². The first-order chi connectivity index (χ1) is 9.42. The second-order valence-corrected chi connectivity index (χ2v) is 4.60. The summed E-state index contributed by atoms with van der Waals surface area (Å²) in [6, 6.07) is 5.95. The van der Waals surface area contributed by atoms with Crippen LogP contribution in [0.5, 0.6) is 5.75 Å². The number of alkyl halides is 2. The van der Waals surface area contributed by atoms with Crippen LogP contribution in [0.4, 0.5) is 8.78 Å². The van der Waals surface area contributed by atoms with Gasteiger partial charge in [-0.25, -0.2) is 0 Å². The number of nitrogens with zero attached hydrogens (tertiary/aromatic N) is 2. The molecule has 1 aromatic carbocycles. The topological polar surface area (TPSA) is 74.2 Å². The van der Waals surface area contributed by atoms with Crippen LogP contribution in [0.1, 0.15) is 26.1 Å². The third-order valence-corrected chi connectivity index (χ3v) is 3.00. The minimum atomic E-state index is -2.85. The predicted molar refractivity (Wildman–Crippen MR) is 68.2 cm³/mol. The molecule has 1 aromatic heterocycles. The molecule has 1 unspecified atom stereocenters. The molecule has 0 aliphatic carbocycles. The van der Waals surface area contributed by atoms with E-state index in [0.717, 1.165) is 0 Å². The van der Waals surface area contributed by atoms with Crippen LogP contribution in [0.25, 0.3) is 11.5 Å². The molecule has 0 radical (unpaired) electrons. The van der Waals surface area contributed by atoms with Gasteiger partial charge >= 0.3 is 6.61 Å². The van der Waals surface area contributed by atoms with E-state index < -0.39 is 12.2 Å². The van der Waals surface area contributed by atoms with Crippen LogP contribution in [0, 0.1) is 0 Å². The molecule has 0 spiro atoms. The summed E-state index contributed by atoms with van der Waals surface area (Å²) in [4.78, 5) is 4.22. The first kappa shape index (κ1) is 14.4. The summed E-state index contributed by atoms with van der Waals surface area (Å²) in [5.74, 6) is 0.761. The summed E-state index contributed by atoms with van der Waals surface area (Å²) in [6.45, 7) is 0.881. The van der Waals surface area contributed by atoms with Gasteiger partial charge in [0.25, 0.3) is 5.89 Å². The molecule has 0 aliphatic heterocycles. The lowest BCUT2D eigenvalue weighted by Crippen LogP contribution is -2.33. The van der Waals surface area contributed by atoms with Gasteiger partial charge in [-0.05, 0) is 37.6 Å². The number of benzene rings is 1. The van der Waals surface area contributed by atoms with Gasteiger partial charge in [-0.3, -0.25) is 0 Å². The van der Waals surface area contributed by atoms with E-state index in [1.165, 1.54) is 12.1 Å². The molecule has 2 N–H and O–H groups in total. The number of aromatic nitrogens is 2. The number of rotatable bonds is 5. The van der Waals surface area contributed by atoms with Crippen LogP contribution in [0.15, 0.2) is 28.8 Å². The lowest BCUT2D eigenvalue weighted by molar-refractivity contribution is -0.0498. The highest BCUT2D eigenvalue weighted by Crippen LogP contribution is 2.25. The van der Waals surface area contributed by atoms with Gasteiger partial charge in [0.2, 0.25) is 0 Å². The summed E-state index contributed by atoms with van der Waals surface area (Å²) in [5.41, 5.74) is 5.96. The molecule has 0 saturated heterocycles. The third-order valence-electron chi connectivity index (χ3n) is 3.00. The highest BCUT2D eigenvalue weighted by atomic mass is 19.3. The minimum Gasteiger partial charge on any atom is -0.435 e. The molecule has 1 atom stereocenters. The number of nitrogens with two attached hydrogens (primary N) is 1. The number of hydrogen-bond donors (Lipinski definition) is 1. The molecular weight excluding hydrogens is 268 g/mol. The van der Waals surface area contributed by atoms with E-state index in [2.05, 4.69) is 14.9 Å². The van der Waals surface area contributed by atoms with Gasteiger partial charge in [0.05, 0.1) is 5.54 Å². The summed E-state index contributed by atoms with van der Waals surface area (Å²) >= 11 is 0. The van der Waals surface area contributed by atoms with Crippen molar-refractivity contribution in [1.29, 1.82) is 0 Å². The van der Waals surface area contributed by atoms with Crippen molar-refractivity contribution in [3.05, 3.63) is 30.1 Å². The highest BCUT2D eigenvalue weighted by Gasteiger charge is 2.25. The Labute approximate surface area is 114 Å². The van der Waals surface area contributed by atoms with E-state index in [-0.39, 0.29) is 11.6 Å². The van der Waals surface area contributed by atoms with Crippen molar-refractivity contribution in [3.8, 4) is 17.2 Å². The SMILES string of the molecule is CCC(C)(N)c1noc(-c2ccc(OC(F)F)cc2)n1. The molecule has 0 bridgehead atoms. The standard InChI is InChI=1S/C13H15F2N3O2/c1-3-13(2,16)11-17-10(20-18-11)8-4-6-9(7-5-8)19-12(14)15/h4-7,12H,3,16H2,1-2H3. The molecule has 108 valence electrons. The molecular formula is C13H15F2N3O2. The Kier molecular flexibility index (Phi) is 3.99. The van der Waals surface area contributed by atoms with Crippen molar-refractivity contribution in [2.45, 2.75) is 32.4 Å². The number of hydrogen-bond acceptors (Lipinski definition) is 5. The maximum atomic E-state index is 12.0. The average Bonchev–Trinajstić information content (AvgIpc) is 2.89. The average molecular weight is 283 g/mol. The monoisotopic (exact) mass is 283 g/mol. The third kappa shape index (κ3) is 3.11. The first-order valence-electron chi connectivity index (χ1n) is 6.10. The zero-order chi connectivity index (χ0) is 14.8. The van der Waals surface area contributed by atoms with Crippen LogP contribution in [0.2, 0.25) is 0 Å². The summed E-state index contributed by atoms with van der Waals surface area (Å²) in [6.07, 6.45) is 0.660. The highest BCUT2D eigenvalue weighted by molar-refractivity contribution is 5.54. The molecule has 2 rings (SSSR count). The second kappa shape index (κ2) is 5.54. The molecule has 5 nitrogen and oxygen atoms in total. The minimum absolute atomic E-state index is 0.0701.